The molecule has 0 N–H and O–H groups in total. The van der Waals surface area contributed by atoms with Crippen LogP contribution in [0.4, 0.5) is 0 Å². The lowest BCUT2D eigenvalue weighted by molar-refractivity contribution is -0.141. The first-order valence-corrected chi connectivity index (χ1v) is 8.73. The summed E-state index contributed by atoms with van der Waals surface area (Å²) in [4.78, 5) is 6.60. The maximum absolute atomic E-state index is 6.11. The maximum atomic E-state index is 6.11. The summed E-state index contributed by atoms with van der Waals surface area (Å²) in [5.41, 5.74) is 0.0545. The predicted octanol–water partition coefficient (Wildman–Crippen LogP) is 3.12. The minimum atomic E-state index is 0.0545. The Hall–Kier alpha value is -1.85. The smallest absolute Gasteiger partial charge is 0.137 e. The van der Waals surface area contributed by atoms with E-state index in [0.717, 1.165) is 57.0 Å². The number of piperidine rings is 1. The van der Waals surface area contributed by atoms with Crippen LogP contribution in [0.25, 0.3) is 0 Å². The Balaban J connectivity index is 1.47. The number of fused-ring (bicyclic) bond motifs is 1. The molecule has 2 aromatic heterocycles. The summed E-state index contributed by atoms with van der Waals surface area (Å²) >= 11 is 0. The molecule has 2 aliphatic heterocycles. The van der Waals surface area contributed by atoms with Crippen LogP contribution in [0, 0.1) is 5.41 Å². The summed E-state index contributed by atoms with van der Waals surface area (Å²) in [7, 11) is 0. The van der Waals surface area contributed by atoms with E-state index in [1.807, 2.05) is 24.3 Å². The molecule has 0 spiro atoms. The van der Waals surface area contributed by atoms with E-state index in [2.05, 4.69) is 9.88 Å². The first kappa shape index (κ1) is 15.7. The highest BCUT2D eigenvalue weighted by Crippen LogP contribution is 2.41. The molecular formula is C19H24N2O3. The zero-order chi connectivity index (χ0) is 16.2. The first-order chi connectivity index (χ1) is 11.8. The number of pyridine rings is 1. The monoisotopic (exact) mass is 328 g/mol. The van der Waals surface area contributed by atoms with E-state index in [1.165, 1.54) is 0 Å². The Kier molecular flexibility index (Phi) is 4.54. The Morgan fingerprint density at radius 2 is 2.33 bits per heavy atom. The van der Waals surface area contributed by atoms with Crippen molar-refractivity contribution >= 4 is 0 Å². The third-order valence-electron chi connectivity index (χ3n) is 5.19. The minimum absolute atomic E-state index is 0.0545. The van der Waals surface area contributed by atoms with Gasteiger partial charge in [0.05, 0.1) is 31.7 Å². The van der Waals surface area contributed by atoms with Gasteiger partial charge in [-0.25, -0.2) is 0 Å². The number of hydrogen-bond donors (Lipinski definition) is 0. The molecule has 2 fully saturated rings. The molecule has 2 atom stereocenters. The normalized spacial score (nSPS) is 27.6. The number of nitrogens with zero attached hydrogens (tertiary/aromatic N) is 2. The highest BCUT2D eigenvalue weighted by atomic mass is 16.5. The zero-order valence-corrected chi connectivity index (χ0v) is 13.9. The van der Waals surface area contributed by atoms with Gasteiger partial charge in [0.1, 0.15) is 11.5 Å². The molecule has 0 bridgehead atoms. The number of rotatable bonds is 5. The maximum Gasteiger partial charge on any atom is 0.137 e. The van der Waals surface area contributed by atoms with Crippen molar-refractivity contribution in [1.82, 2.24) is 9.88 Å². The fourth-order valence-electron chi connectivity index (χ4n) is 4.01. The molecule has 24 heavy (non-hydrogen) atoms. The van der Waals surface area contributed by atoms with E-state index in [9.17, 15) is 0 Å². The molecule has 2 aromatic rings. The molecule has 2 aliphatic rings. The van der Waals surface area contributed by atoms with Gasteiger partial charge in [0.15, 0.2) is 0 Å². The van der Waals surface area contributed by atoms with Crippen molar-refractivity contribution in [2.75, 3.05) is 26.3 Å². The van der Waals surface area contributed by atoms with Gasteiger partial charge in [-0.2, -0.15) is 0 Å². The van der Waals surface area contributed by atoms with Gasteiger partial charge >= 0.3 is 0 Å². The number of ether oxygens (including phenoxy) is 2. The lowest BCUT2D eigenvalue weighted by Gasteiger charge is -2.50. The first-order valence-electron chi connectivity index (χ1n) is 8.73. The average Bonchev–Trinajstić information content (AvgIpc) is 3.14. The van der Waals surface area contributed by atoms with Crippen LogP contribution in [-0.4, -0.2) is 42.3 Å². The van der Waals surface area contributed by atoms with Crippen molar-refractivity contribution < 1.29 is 13.9 Å². The van der Waals surface area contributed by atoms with Crippen molar-refractivity contribution in [3.63, 3.8) is 0 Å². The highest BCUT2D eigenvalue weighted by molar-refractivity contribution is 5.16. The van der Waals surface area contributed by atoms with Crippen LogP contribution in [0.2, 0.25) is 0 Å². The SMILES string of the molecule is c1cncc(OC[C@]23CCCO[C@H]2CCN(Cc2ccco2)C3)c1. The molecule has 4 heterocycles. The summed E-state index contributed by atoms with van der Waals surface area (Å²) in [6.45, 7) is 4.43. The Morgan fingerprint density at radius 3 is 3.17 bits per heavy atom. The van der Waals surface area contributed by atoms with Gasteiger partial charge in [-0.1, -0.05) is 0 Å². The average molecular weight is 328 g/mol. The van der Waals surface area contributed by atoms with Crippen LogP contribution in [0.1, 0.15) is 25.0 Å². The lowest BCUT2D eigenvalue weighted by Crippen LogP contribution is -2.57. The van der Waals surface area contributed by atoms with Crippen LogP contribution in [0.15, 0.2) is 47.3 Å². The standard InChI is InChI=1S/C19H24N2O3/c1-4-16(12-20-8-1)24-15-19-7-3-11-23-18(19)6-9-21(14-19)13-17-5-2-10-22-17/h1-2,4-5,8,10,12,18H,3,6-7,9,11,13-15H2/t18-,19+/m0/s1. The molecule has 5 nitrogen and oxygen atoms in total. The van der Waals surface area contributed by atoms with E-state index in [4.69, 9.17) is 13.9 Å². The molecule has 5 heteroatoms. The summed E-state index contributed by atoms with van der Waals surface area (Å²) in [6.07, 6.45) is 8.87. The molecule has 0 saturated carbocycles. The van der Waals surface area contributed by atoms with E-state index in [-0.39, 0.29) is 11.5 Å². The van der Waals surface area contributed by atoms with E-state index >= 15 is 0 Å². The van der Waals surface area contributed by atoms with Crippen molar-refractivity contribution in [1.29, 1.82) is 0 Å². The van der Waals surface area contributed by atoms with Crippen molar-refractivity contribution in [2.45, 2.75) is 31.9 Å². The molecule has 128 valence electrons. The summed E-state index contributed by atoms with van der Waals surface area (Å²) in [6, 6.07) is 7.87. The van der Waals surface area contributed by atoms with E-state index < -0.39 is 0 Å². The second-order valence-corrected chi connectivity index (χ2v) is 6.88. The predicted molar refractivity (Wildman–Crippen MR) is 89.7 cm³/mol. The van der Waals surface area contributed by atoms with Gasteiger partial charge in [-0.3, -0.25) is 9.88 Å². The Labute approximate surface area is 142 Å². The highest BCUT2D eigenvalue weighted by Gasteiger charge is 2.46. The molecular weight excluding hydrogens is 304 g/mol. The fourth-order valence-corrected chi connectivity index (χ4v) is 4.01. The quantitative estimate of drug-likeness (QED) is 0.844. The third-order valence-corrected chi connectivity index (χ3v) is 5.19. The number of aromatic nitrogens is 1. The zero-order valence-electron chi connectivity index (χ0n) is 13.9. The van der Waals surface area contributed by atoms with E-state index in [1.54, 1.807) is 18.7 Å². The van der Waals surface area contributed by atoms with Crippen LogP contribution in [0.3, 0.4) is 0 Å². The Morgan fingerprint density at radius 1 is 1.33 bits per heavy atom. The summed E-state index contributed by atoms with van der Waals surface area (Å²) in [5, 5.41) is 0. The van der Waals surface area contributed by atoms with Crippen LogP contribution >= 0.6 is 0 Å². The second-order valence-electron chi connectivity index (χ2n) is 6.88. The largest absolute Gasteiger partial charge is 0.491 e. The number of hydrogen-bond acceptors (Lipinski definition) is 5. The molecule has 0 amide bonds. The van der Waals surface area contributed by atoms with Crippen molar-refractivity contribution in [3.05, 3.63) is 48.7 Å². The van der Waals surface area contributed by atoms with Crippen LogP contribution < -0.4 is 4.74 Å². The topological polar surface area (TPSA) is 47.7 Å². The summed E-state index contributed by atoms with van der Waals surface area (Å²) < 4.78 is 17.7. The van der Waals surface area contributed by atoms with Gasteiger partial charge < -0.3 is 13.9 Å². The van der Waals surface area contributed by atoms with Gasteiger partial charge in [0, 0.05) is 31.3 Å². The third kappa shape index (κ3) is 3.32. The van der Waals surface area contributed by atoms with Gasteiger partial charge in [0.2, 0.25) is 0 Å². The molecule has 4 rings (SSSR count). The van der Waals surface area contributed by atoms with E-state index in [0.29, 0.717) is 6.61 Å². The molecule has 0 radical (unpaired) electrons. The van der Waals surface area contributed by atoms with Crippen LogP contribution in [0.5, 0.6) is 5.75 Å². The second kappa shape index (κ2) is 6.95. The Bertz CT molecular complexity index is 631. The summed E-state index contributed by atoms with van der Waals surface area (Å²) in [5.74, 6) is 1.85. The molecule has 0 aromatic carbocycles. The number of furan rings is 1. The van der Waals surface area contributed by atoms with Gasteiger partial charge in [-0.15, -0.1) is 0 Å². The van der Waals surface area contributed by atoms with Gasteiger partial charge in [0.25, 0.3) is 0 Å². The van der Waals surface area contributed by atoms with Crippen LogP contribution in [-0.2, 0) is 11.3 Å². The minimum Gasteiger partial charge on any atom is -0.491 e. The molecule has 2 saturated heterocycles. The van der Waals surface area contributed by atoms with Gasteiger partial charge in [-0.05, 0) is 43.5 Å². The fraction of sp³-hybridized carbons (Fsp3) is 0.526. The van der Waals surface area contributed by atoms with Crippen molar-refractivity contribution in [2.24, 2.45) is 5.41 Å². The lowest BCUT2D eigenvalue weighted by atomic mass is 9.73. The number of likely N-dealkylation sites (tertiary alicyclic amines) is 1. The molecule has 0 aliphatic carbocycles. The van der Waals surface area contributed by atoms with Crippen molar-refractivity contribution in [3.8, 4) is 5.75 Å². The molecule has 0 unspecified atom stereocenters.